The number of hydrogen-bond donors (Lipinski definition) is 0. The highest BCUT2D eigenvalue weighted by Crippen LogP contribution is 2.21. The Labute approximate surface area is 159 Å². The highest BCUT2D eigenvalue weighted by Gasteiger charge is 2.30. The van der Waals surface area contributed by atoms with E-state index in [1.807, 2.05) is 42.5 Å². The lowest BCUT2D eigenvalue weighted by molar-refractivity contribution is -0.135. The van der Waals surface area contributed by atoms with Crippen molar-refractivity contribution in [3.05, 3.63) is 29.3 Å². The van der Waals surface area contributed by atoms with Crippen LogP contribution in [-0.4, -0.2) is 69.9 Å². The van der Waals surface area contributed by atoms with Crippen LogP contribution in [0, 0.1) is 26.7 Å². The van der Waals surface area contributed by atoms with Crippen LogP contribution in [0.3, 0.4) is 0 Å². The van der Waals surface area contributed by atoms with Gasteiger partial charge in [-0.3, -0.25) is 4.79 Å². The Hall–Kier alpha value is -2.48. The quantitative estimate of drug-likeness (QED) is 0.810. The molecule has 0 saturated carbocycles. The third-order valence-corrected chi connectivity index (χ3v) is 5.23. The first kappa shape index (κ1) is 17.9. The molecule has 2 aromatic rings. The topological polar surface area (TPSA) is 76.4 Å². The van der Waals surface area contributed by atoms with Crippen molar-refractivity contribution in [2.75, 3.05) is 44.3 Å². The maximum atomic E-state index is 12.6. The Bertz CT molecular complexity index is 835. The van der Waals surface area contributed by atoms with Gasteiger partial charge in [0.15, 0.2) is 5.82 Å². The molecule has 2 saturated heterocycles. The minimum absolute atomic E-state index is 0.0375. The summed E-state index contributed by atoms with van der Waals surface area (Å²) >= 11 is 0. The third kappa shape index (κ3) is 3.66. The fourth-order valence-corrected chi connectivity index (χ4v) is 3.81. The van der Waals surface area contributed by atoms with E-state index in [0.29, 0.717) is 26.3 Å². The van der Waals surface area contributed by atoms with Crippen molar-refractivity contribution in [2.45, 2.75) is 27.2 Å². The van der Waals surface area contributed by atoms with Crippen LogP contribution >= 0.6 is 0 Å². The number of anilines is 1. The molecule has 2 aliphatic rings. The molecule has 144 valence electrons. The van der Waals surface area contributed by atoms with E-state index in [1.165, 1.54) is 0 Å². The number of carbonyl (C=O) groups excluding carboxylic acids is 1. The molecule has 1 amide bonds. The monoisotopic (exact) mass is 370 g/mol. The number of rotatable bonds is 3. The summed E-state index contributed by atoms with van der Waals surface area (Å²) in [5, 5.41) is 4.53. The van der Waals surface area contributed by atoms with Crippen molar-refractivity contribution >= 4 is 11.7 Å². The minimum Gasteiger partial charge on any atom is -0.381 e. The van der Waals surface area contributed by atoms with E-state index < -0.39 is 0 Å². The van der Waals surface area contributed by atoms with Crippen LogP contribution in [0.25, 0.3) is 5.82 Å². The lowest BCUT2D eigenvalue weighted by Crippen LogP contribution is -2.50. The summed E-state index contributed by atoms with van der Waals surface area (Å²) in [5.74, 6) is 2.66. The van der Waals surface area contributed by atoms with E-state index in [2.05, 4.69) is 20.0 Å². The molecule has 2 aromatic heterocycles. The molecular formula is C19H26N6O2. The largest absolute Gasteiger partial charge is 0.381 e. The van der Waals surface area contributed by atoms with Gasteiger partial charge in [-0.15, -0.1) is 0 Å². The summed E-state index contributed by atoms with van der Waals surface area (Å²) in [6, 6.07) is 4.02. The van der Waals surface area contributed by atoms with Crippen molar-refractivity contribution in [2.24, 2.45) is 5.92 Å². The SMILES string of the molecule is Cc1cc(C)n(-c2cc(N3CCN(C(=O)C4CCOC4)CC3)nc(C)n2)n1. The smallest absolute Gasteiger partial charge is 0.228 e. The molecule has 0 spiro atoms. The first-order chi connectivity index (χ1) is 13.0. The van der Waals surface area contributed by atoms with Gasteiger partial charge < -0.3 is 14.5 Å². The van der Waals surface area contributed by atoms with E-state index in [0.717, 1.165) is 48.4 Å². The van der Waals surface area contributed by atoms with Gasteiger partial charge in [0.2, 0.25) is 5.91 Å². The van der Waals surface area contributed by atoms with Gasteiger partial charge in [-0.1, -0.05) is 0 Å². The molecule has 8 nitrogen and oxygen atoms in total. The summed E-state index contributed by atoms with van der Waals surface area (Å²) in [6.45, 7) is 10.1. The molecule has 1 atom stereocenters. The number of hydrogen-bond acceptors (Lipinski definition) is 6. The van der Waals surface area contributed by atoms with Crippen LogP contribution in [0.15, 0.2) is 12.1 Å². The second-order valence-corrected chi connectivity index (χ2v) is 7.34. The molecule has 4 rings (SSSR count). The van der Waals surface area contributed by atoms with Crippen LogP contribution in [0.2, 0.25) is 0 Å². The molecule has 2 fully saturated rings. The number of aryl methyl sites for hydroxylation is 3. The number of ether oxygens (including phenoxy) is 1. The van der Waals surface area contributed by atoms with Gasteiger partial charge in [0.25, 0.3) is 0 Å². The zero-order valence-corrected chi connectivity index (χ0v) is 16.2. The normalized spacial score (nSPS) is 20.3. The van der Waals surface area contributed by atoms with Crippen LogP contribution in [-0.2, 0) is 9.53 Å². The summed E-state index contributed by atoms with van der Waals surface area (Å²) in [6.07, 6.45) is 0.843. The first-order valence-corrected chi connectivity index (χ1v) is 9.52. The van der Waals surface area contributed by atoms with Gasteiger partial charge in [-0.2, -0.15) is 5.10 Å². The zero-order chi connectivity index (χ0) is 19.0. The van der Waals surface area contributed by atoms with Gasteiger partial charge in [0, 0.05) is 44.5 Å². The van der Waals surface area contributed by atoms with E-state index >= 15 is 0 Å². The molecule has 27 heavy (non-hydrogen) atoms. The molecule has 0 N–H and O–H groups in total. The minimum atomic E-state index is 0.0375. The van der Waals surface area contributed by atoms with E-state index in [9.17, 15) is 4.79 Å². The number of nitrogens with zero attached hydrogens (tertiary/aromatic N) is 6. The zero-order valence-electron chi connectivity index (χ0n) is 16.2. The van der Waals surface area contributed by atoms with Gasteiger partial charge in [0.05, 0.1) is 18.2 Å². The molecule has 0 radical (unpaired) electrons. The van der Waals surface area contributed by atoms with Crippen molar-refractivity contribution in [3.8, 4) is 5.82 Å². The van der Waals surface area contributed by atoms with Crippen molar-refractivity contribution in [1.29, 1.82) is 0 Å². The maximum absolute atomic E-state index is 12.6. The summed E-state index contributed by atoms with van der Waals surface area (Å²) in [5.41, 5.74) is 2.01. The van der Waals surface area contributed by atoms with Crippen LogP contribution in [0.5, 0.6) is 0 Å². The average Bonchev–Trinajstić information content (AvgIpc) is 3.30. The predicted molar refractivity (Wildman–Crippen MR) is 101 cm³/mol. The molecule has 8 heteroatoms. The summed E-state index contributed by atoms with van der Waals surface area (Å²) < 4.78 is 7.21. The number of aromatic nitrogens is 4. The van der Waals surface area contributed by atoms with Gasteiger partial charge in [0.1, 0.15) is 11.6 Å². The van der Waals surface area contributed by atoms with Gasteiger partial charge in [-0.05, 0) is 33.3 Å². The average molecular weight is 370 g/mol. The van der Waals surface area contributed by atoms with E-state index in [4.69, 9.17) is 4.74 Å². The first-order valence-electron chi connectivity index (χ1n) is 9.52. The van der Waals surface area contributed by atoms with Crippen molar-refractivity contribution < 1.29 is 9.53 Å². The lowest BCUT2D eigenvalue weighted by atomic mass is 10.1. The van der Waals surface area contributed by atoms with Crippen molar-refractivity contribution in [3.63, 3.8) is 0 Å². The molecule has 1 unspecified atom stereocenters. The van der Waals surface area contributed by atoms with Crippen LogP contribution < -0.4 is 4.90 Å². The summed E-state index contributed by atoms with van der Waals surface area (Å²) in [4.78, 5) is 25.9. The Balaban J connectivity index is 1.48. The highest BCUT2D eigenvalue weighted by atomic mass is 16.5. The highest BCUT2D eigenvalue weighted by molar-refractivity contribution is 5.79. The predicted octanol–water partition coefficient (Wildman–Crippen LogP) is 1.27. The number of amides is 1. The van der Waals surface area contributed by atoms with Crippen LogP contribution in [0.4, 0.5) is 5.82 Å². The fourth-order valence-electron chi connectivity index (χ4n) is 3.81. The van der Waals surface area contributed by atoms with Gasteiger partial charge >= 0.3 is 0 Å². The third-order valence-electron chi connectivity index (χ3n) is 5.23. The Kier molecular flexibility index (Phi) is 4.82. The van der Waals surface area contributed by atoms with E-state index in [1.54, 1.807) is 0 Å². The lowest BCUT2D eigenvalue weighted by Gasteiger charge is -2.36. The molecule has 2 aliphatic heterocycles. The Morgan fingerprint density at radius 2 is 1.81 bits per heavy atom. The second-order valence-electron chi connectivity index (χ2n) is 7.34. The molecule has 4 heterocycles. The number of piperazine rings is 1. The molecule has 0 aliphatic carbocycles. The molecule has 0 bridgehead atoms. The van der Waals surface area contributed by atoms with Crippen LogP contribution in [0.1, 0.15) is 23.6 Å². The maximum Gasteiger partial charge on any atom is 0.228 e. The Morgan fingerprint density at radius 1 is 1.07 bits per heavy atom. The van der Waals surface area contributed by atoms with E-state index in [-0.39, 0.29) is 11.8 Å². The summed E-state index contributed by atoms with van der Waals surface area (Å²) in [7, 11) is 0. The van der Waals surface area contributed by atoms with Crippen molar-refractivity contribution in [1.82, 2.24) is 24.6 Å². The standard InChI is InChI=1S/C19H26N6O2/c1-13-10-14(2)25(22-13)18-11-17(20-15(3)21-18)23-5-7-24(8-6-23)19(26)16-4-9-27-12-16/h10-11,16H,4-9,12H2,1-3H3. The number of carbonyl (C=O) groups is 1. The molecule has 0 aromatic carbocycles. The molecular weight excluding hydrogens is 344 g/mol. The Morgan fingerprint density at radius 3 is 2.44 bits per heavy atom. The van der Waals surface area contributed by atoms with Gasteiger partial charge in [-0.25, -0.2) is 14.6 Å². The fraction of sp³-hybridized carbons (Fsp3) is 0.579. The second kappa shape index (κ2) is 7.26.